The number of carbonyl (C=O) groups excluding carboxylic acids is 1. The van der Waals surface area contributed by atoms with Gasteiger partial charge in [-0.2, -0.15) is 0 Å². The summed E-state index contributed by atoms with van der Waals surface area (Å²) in [6, 6.07) is 33.5. The van der Waals surface area contributed by atoms with Crippen LogP contribution in [0, 0.1) is 6.92 Å². The van der Waals surface area contributed by atoms with Crippen LogP contribution in [0.5, 0.6) is 0 Å². The van der Waals surface area contributed by atoms with Crippen molar-refractivity contribution >= 4 is 17.7 Å². The molecule has 0 saturated carbocycles. The van der Waals surface area contributed by atoms with Gasteiger partial charge in [0, 0.05) is 38.4 Å². The van der Waals surface area contributed by atoms with E-state index in [1.807, 2.05) is 27.7 Å². The number of thioether (sulfide) groups is 1. The lowest BCUT2D eigenvalue weighted by Crippen LogP contribution is -2.49. The lowest BCUT2D eigenvalue weighted by molar-refractivity contribution is -0.133. The molecule has 6 rings (SSSR count). The van der Waals surface area contributed by atoms with E-state index in [1.54, 1.807) is 18.0 Å². The van der Waals surface area contributed by atoms with Crippen LogP contribution in [0.3, 0.4) is 0 Å². The van der Waals surface area contributed by atoms with Gasteiger partial charge in [0.15, 0.2) is 10.9 Å². The van der Waals surface area contributed by atoms with Crippen LogP contribution in [-0.4, -0.2) is 62.4 Å². The van der Waals surface area contributed by atoms with E-state index in [1.165, 1.54) is 11.1 Å². The highest BCUT2D eigenvalue weighted by Gasteiger charge is 2.28. The summed E-state index contributed by atoms with van der Waals surface area (Å²) < 4.78 is 7.67. The van der Waals surface area contributed by atoms with Gasteiger partial charge in [-0.3, -0.25) is 14.3 Å². The predicted octanol–water partition coefficient (Wildman–Crippen LogP) is 6.64. The number of benzene rings is 3. The van der Waals surface area contributed by atoms with Gasteiger partial charge in [0.1, 0.15) is 0 Å². The number of carbonyl (C=O) groups is 1. The third-order valence-electron chi connectivity index (χ3n) is 7.66. The minimum absolute atomic E-state index is 0.192. The molecule has 0 radical (unpaired) electrons. The summed E-state index contributed by atoms with van der Waals surface area (Å²) in [7, 11) is 0. The van der Waals surface area contributed by atoms with Crippen molar-refractivity contribution in [3.63, 3.8) is 0 Å². The largest absolute Gasteiger partial charge is 0.461 e. The number of piperazine rings is 1. The topological polar surface area (TPSA) is 67.4 Å². The van der Waals surface area contributed by atoms with Crippen LogP contribution in [0.1, 0.15) is 35.6 Å². The van der Waals surface area contributed by atoms with Gasteiger partial charge in [-0.05, 0) is 54.3 Å². The Kier molecular flexibility index (Phi) is 8.82. The molecular weight excluding hydrogens is 542 g/mol. The molecule has 1 aliphatic rings. The van der Waals surface area contributed by atoms with Gasteiger partial charge >= 0.3 is 0 Å². The highest BCUT2D eigenvalue weighted by atomic mass is 32.2. The van der Waals surface area contributed by atoms with E-state index in [4.69, 9.17) is 4.42 Å². The molecule has 1 saturated heterocycles. The number of nitrogens with zero attached hydrogens (tertiary/aromatic N) is 5. The summed E-state index contributed by atoms with van der Waals surface area (Å²) in [5.74, 6) is 2.35. The third-order valence-corrected chi connectivity index (χ3v) is 8.68. The Hall–Kier alpha value is -4.14. The SMILES string of the molecule is Cc1cccc(-n2c(SCCCC(=O)N3CCN(C(c4ccccc4)c4ccccc4)CC3)nnc2-c2ccco2)c1. The molecule has 3 aromatic carbocycles. The van der Waals surface area contributed by atoms with E-state index in [-0.39, 0.29) is 11.9 Å². The maximum atomic E-state index is 13.2. The summed E-state index contributed by atoms with van der Waals surface area (Å²) in [4.78, 5) is 17.7. The molecule has 3 heterocycles. The van der Waals surface area contributed by atoms with Crippen molar-refractivity contribution < 1.29 is 9.21 Å². The first-order valence-electron chi connectivity index (χ1n) is 14.5. The third kappa shape index (κ3) is 6.35. The summed E-state index contributed by atoms with van der Waals surface area (Å²) in [5.41, 5.74) is 4.72. The summed E-state index contributed by atoms with van der Waals surface area (Å²) in [5, 5.41) is 9.70. The molecule has 1 fully saturated rings. The van der Waals surface area contributed by atoms with Crippen LogP contribution in [0.4, 0.5) is 0 Å². The van der Waals surface area contributed by atoms with Crippen LogP contribution in [0.15, 0.2) is 113 Å². The molecule has 7 nitrogen and oxygen atoms in total. The monoisotopic (exact) mass is 577 g/mol. The maximum absolute atomic E-state index is 13.2. The second kappa shape index (κ2) is 13.2. The van der Waals surface area contributed by atoms with Crippen molar-refractivity contribution in [2.45, 2.75) is 31.0 Å². The molecule has 8 heteroatoms. The minimum atomic E-state index is 0.192. The van der Waals surface area contributed by atoms with Crippen molar-refractivity contribution in [2.75, 3.05) is 31.9 Å². The predicted molar refractivity (Wildman–Crippen MR) is 167 cm³/mol. The van der Waals surface area contributed by atoms with Gasteiger partial charge in [0.05, 0.1) is 18.0 Å². The average molecular weight is 578 g/mol. The fourth-order valence-electron chi connectivity index (χ4n) is 5.59. The van der Waals surface area contributed by atoms with E-state index in [2.05, 4.69) is 101 Å². The molecule has 0 aliphatic carbocycles. The van der Waals surface area contributed by atoms with Crippen LogP contribution in [0.25, 0.3) is 17.3 Å². The molecule has 2 aromatic heterocycles. The minimum Gasteiger partial charge on any atom is -0.461 e. The lowest BCUT2D eigenvalue weighted by atomic mass is 9.96. The summed E-state index contributed by atoms with van der Waals surface area (Å²) >= 11 is 1.62. The van der Waals surface area contributed by atoms with Crippen molar-refractivity contribution in [3.05, 3.63) is 120 Å². The van der Waals surface area contributed by atoms with E-state index in [0.717, 1.165) is 54.8 Å². The average Bonchev–Trinajstić information content (AvgIpc) is 3.71. The number of amides is 1. The van der Waals surface area contributed by atoms with Crippen molar-refractivity contribution in [1.82, 2.24) is 24.6 Å². The maximum Gasteiger partial charge on any atom is 0.222 e. The van der Waals surface area contributed by atoms with Gasteiger partial charge in [-0.15, -0.1) is 10.2 Å². The molecular formula is C34H35N5O2S. The van der Waals surface area contributed by atoms with E-state index in [9.17, 15) is 4.79 Å². The zero-order chi connectivity index (χ0) is 28.7. The fraction of sp³-hybridized carbons (Fsp3) is 0.265. The molecule has 0 atom stereocenters. The van der Waals surface area contributed by atoms with Gasteiger partial charge in [-0.25, -0.2) is 0 Å². The first-order chi connectivity index (χ1) is 20.7. The zero-order valence-electron chi connectivity index (χ0n) is 23.8. The summed E-state index contributed by atoms with van der Waals surface area (Å²) in [6.45, 7) is 5.27. The van der Waals surface area contributed by atoms with Gasteiger partial charge < -0.3 is 9.32 Å². The normalized spacial score (nSPS) is 14.0. The first-order valence-corrected chi connectivity index (χ1v) is 15.5. The van der Waals surface area contributed by atoms with E-state index >= 15 is 0 Å². The number of aromatic nitrogens is 3. The number of furan rings is 1. The molecule has 0 spiro atoms. The van der Waals surface area contributed by atoms with Crippen LogP contribution < -0.4 is 0 Å². The Labute approximate surface area is 251 Å². The van der Waals surface area contributed by atoms with Gasteiger partial charge in [0.25, 0.3) is 0 Å². The lowest BCUT2D eigenvalue weighted by Gasteiger charge is -2.40. The fourth-order valence-corrected chi connectivity index (χ4v) is 6.48. The zero-order valence-corrected chi connectivity index (χ0v) is 24.6. The molecule has 1 aliphatic heterocycles. The first kappa shape index (κ1) is 28.0. The molecule has 214 valence electrons. The van der Waals surface area contributed by atoms with Crippen molar-refractivity contribution in [2.24, 2.45) is 0 Å². The Morgan fingerprint density at radius 3 is 2.21 bits per heavy atom. The Balaban J connectivity index is 1.05. The number of hydrogen-bond donors (Lipinski definition) is 0. The second-order valence-electron chi connectivity index (χ2n) is 10.6. The standard InChI is InChI=1S/C34H35N5O2S/c1-26-11-8-16-29(25-26)39-33(30-17-9-23-41-30)35-36-34(39)42-24-10-18-31(40)37-19-21-38(22-20-37)32(27-12-4-2-5-13-27)28-14-6-3-7-15-28/h2-9,11-17,23,25,32H,10,18-22,24H2,1H3. The number of hydrogen-bond acceptors (Lipinski definition) is 6. The van der Waals surface area contributed by atoms with E-state index < -0.39 is 0 Å². The highest BCUT2D eigenvalue weighted by Crippen LogP contribution is 2.31. The molecule has 1 amide bonds. The molecule has 0 unspecified atom stereocenters. The summed E-state index contributed by atoms with van der Waals surface area (Å²) in [6.07, 6.45) is 2.95. The van der Waals surface area contributed by atoms with Crippen LogP contribution >= 0.6 is 11.8 Å². The number of rotatable bonds is 10. The molecule has 5 aromatic rings. The van der Waals surface area contributed by atoms with Gasteiger partial charge in [0.2, 0.25) is 11.7 Å². The molecule has 0 bridgehead atoms. The molecule has 42 heavy (non-hydrogen) atoms. The Morgan fingerprint density at radius 2 is 1.57 bits per heavy atom. The van der Waals surface area contributed by atoms with Crippen LogP contribution in [-0.2, 0) is 4.79 Å². The van der Waals surface area contributed by atoms with E-state index in [0.29, 0.717) is 18.0 Å². The highest BCUT2D eigenvalue weighted by molar-refractivity contribution is 7.99. The quantitative estimate of drug-likeness (QED) is 0.137. The van der Waals surface area contributed by atoms with Crippen molar-refractivity contribution in [3.8, 4) is 17.3 Å². The Morgan fingerprint density at radius 1 is 0.857 bits per heavy atom. The Bertz CT molecular complexity index is 1540. The second-order valence-corrected chi connectivity index (χ2v) is 11.6. The smallest absolute Gasteiger partial charge is 0.222 e. The number of aryl methyl sites for hydroxylation is 1. The van der Waals surface area contributed by atoms with Crippen LogP contribution in [0.2, 0.25) is 0 Å². The molecule has 0 N–H and O–H groups in total. The van der Waals surface area contributed by atoms with Gasteiger partial charge in [-0.1, -0.05) is 84.6 Å². The van der Waals surface area contributed by atoms with Crippen molar-refractivity contribution in [1.29, 1.82) is 0 Å².